The second-order valence-electron chi connectivity index (χ2n) is 5.64. The van der Waals surface area contributed by atoms with Crippen LogP contribution in [-0.2, 0) is 6.42 Å². The molecule has 0 aromatic carbocycles. The van der Waals surface area contributed by atoms with E-state index < -0.39 is 0 Å². The van der Waals surface area contributed by atoms with Crippen LogP contribution in [0, 0.1) is 5.92 Å². The fraction of sp³-hybridized carbons (Fsp3) is 0.786. The largest absolute Gasteiger partial charge is 0.348 e. The maximum absolute atomic E-state index is 6.16. The van der Waals surface area contributed by atoms with Crippen LogP contribution in [0.15, 0.2) is 0 Å². The van der Waals surface area contributed by atoms with E-state index in [1.165, 1.54) is 60.9 Å². The van der Waals surface area contributed by atoms with Crippen LogP contribution in [0.3, 0.4) is 0 Å². The van der Waals surface area contributed by atoms with E-state index in [2.05, 4.69) is 11.8 Å². The Morgan fingerprint density at radius 2 is 2.11 bits per heavy atom. The Kier molecular flexibility index (Phi) is 3.57. The van der Waals surface area contributed by atoms with Crippen molar-refractivity contribution in [1.82, 2.24) is 4.98 Å². The summed E-state index contributed by atoms with van der Waals surface area (Å²) >= 11 is 1.89. The Morgan fingerprint density at radius 1 is 1.33 bits per heavy atom. The van der Waals surface area contributed by atoms with Gasteiger partial charge in [0.05, 0.1) is 5.69 Å². The summed E-state index contributed by atoms with van der Waals surface area (Å²) < 4.78 is 0. The number of nitrogens with zero attached hydrogens (tertiary/aromatic N) is 2. The average molecular weight is 265 g/mol. The van der Waals surface area contributed by atoms with Gasteiger partial charge in [0.25, 0.3) is 0 Å². The van der Waals surface area contributed by atoms with Gasteiger partial charge in [-0.05, 0) is 38.0 Å². The highest BCUT2D eigenvalue weighted by molar-refractivity contribution is 7.15. The summed E-state index contributed by atoms with van der Waals surface area (Å²) in [5.41, 5.74) is 7.35. The monoisotopic (exact) mass is 265 g/mol. The van der Waals surface area contributed by atoms with Crippen LogP contribution < -0.4 is 10.6 Å². The molecule has 1 unspecified atom stereocenters. The van der Waals surface area contributed by atoms with E-state index in [1.807, 2.05) is 11.3 Å². The smallest absolute Gasteiger partial charge is 0.185 e. The Balaban J connectivity index is 1.74. The molecule has 1 aromatic heterocycles. The highest BCUT2D eigenvalue weighted by atomic mass is 32.1. The summed E-state index contributed by atoms with van der Waals surface area (Å²) in [6, 6.07) is 0.187. The van der Waals surface area contributed by atoms with Crippen LogP contribution in [0.4, 0.5) is 5.13 Å². The zero-order valence-corrected chi connectivity index (χ0v) is 12.0. The number of rotatable bonds is 2. The highest BCUT2D eigenvalue weighted by Gasteiger charge is 2.25. The van der Waals surface area contributed by atoms with Gasteiger partial charge in [0.15, 0.2) is 5.13 Å². The van der Waals surface area contributed by atoms with Crippen molar-refractivity contribution in [3.8, 4) is 0 Å². The number of fused-ring (bicyclic) bond motifs is 1. The first-order chi connectivity index (χ1) is 8.78. The fourth-order valence-electron chi connectivity index (χ4n) is 3.11. The minimum Gasteiger partial charge on any atom is -0.348 e. The lowest BCUT2D eigenvalue weighted by molar-refractivity contribution is 0.394. The molecule has 1 saturated heterocycles. The van der Waals surface area contributed by atoms with Crippen LogP contribution in [0.1, 0.15) is 55.6 Å². The quantitative estimate of drug-likeness (QED) is 0.893. The molecule has 1 atom stereocenters. The van der Waals surface area contributed by atoms with Crippen molar-refractivity contribution in [3.63, 3.8) is 0 Å². The van der Waals surface area contributed by atoms with Crippen LogP contribution >= 0.6 is 11.3 Å². The summed E-state index contributed by atoms with van der Waals surface area (Å²) in [4.78, 5) is 8.75. The van der Waals surface area contributed by atoms with Gasteiger partial charge in [-0.1, -0.05) is 13.3 Å². The van der Waals surface area contributed by atoms with Crippen molar-refractivity contribution in [2.45, 2.75) is 51.5 Å². The maximum atomic E-state index is 6.16. The van der Waals surface area contributed by atoms with Crippen LogP contribution in [0.2, 0.25) is 0 Å². The van der Waals surface area contributed by atoms with Gasteiger partial charge in [-0.3, -0.25) is 0 Å². The maximum Gasteiger partial charge on any atom is 0.185 e. The molecule has 1 aromatic rings. The predicted molar refractivity (Wildman–Crippen MR) is 77.2 cm³/mol. The lowest BCUT2D eigenvalue weighted by Gasteiger charge is -2.31. The fourth-order valence-corrected chi connectivity index (χ4v) is 4.33. The Morgan fingerprint density at radius 3 is 2.78 bits per heavy atom. The van der Waals surface area contributed by atoms with Gasteiger partial charge >= 0.3 is 0 Å². The lowest BCUT2D eigenvalue weighted by atomic mass is 9.95. The van der Waals surface area contributed by atoms with Crippen LogP contribution in [0.5, 0.6) is 0 Å². The van der Waals surface area contributed by atoms with Crippen LogP contribution in [0.25, 0.3) is 0 Å². The zero-order valence-electron chi connectivity index (χ0n) is 11.2. The number of hydrogen-bond acceptors (Lipinski definition) is 4. The van der Waals surface area contributed by atoms with E-state index >= 15 is 0 Å². The van der Waals surface area contributed by atoms with Crippen molar-refractivity contribution >= 4 is 16.5 Å². The van der Waals surface area contributed by atoms with E-state index in [0.717, 1.165) is 12.3 Å². The molecule has 2 aliphatic rings. The van der Waals surface area contributed by atoms with E-state index in [1.54, 1.807) is 0 Å². The molecule has 1 aliphatic carbocycles. The third-order valence-corrected chi connectivity index (χ3v) is 5.64. The Bertz CT molecular complexity index is 407. The summed E-state index contributed by atoms with van der Waals surface area (Å²) in [5.74, 6) is 0.929. The molecule has 1 aliphatic heterocycles. The minimum absolute atomic E-state index is 0.187. The van der Waals surface area contributed by atoms with Crippen LogP contribution in [-0.4, -0.2) is 18.1 Å². The third kappa shape index (κ3) is 2.28. The van der Waals surface area contributed by atoms with E-state index in [4.69, 9.17) is 10.7 Å². The van der Waals surface area contributed by atoms with Gasteiger partial charge in [0.2, 0.25) is 0 Å². The standard InChI is InChI=1S/C14H23N3S/c1-2-10-6-8-17(9-7-10)14-16-13-11(15)4-3-5-12(13)18-14/h10-11H,2-9,15H2,1H3. The van der Waals surface area contributed by atoms with Crippen molar-refractivity contribution in [3.05, 3.63) is 10.6 Å². The van der Waals surface area contributed by atoms with Gasteiger partial charge < -0.3 is 10.6 Å². The van der Waals surface area contributed by atoms with Crippen molar-refractivity contribution in [1.29, 1.82) is 0 Å². The molecule has 2 N–H and O–H groups in total. The topological polar surface area (TPSA) is 42.2 Å². The molecule has 18 heavy (non-hydrogen) atoms. The van der Waals surface area contributed by atoms with E-state index in [-0.39, 0.29) is 6.04 Å². The Labute approximate surface area is 113 Å². The second-order valence-corrected chi connectivity index (χ2v) is 6.70. The number of piperidine rings is 1. The molecular weight excluding hydrogens is 242 g/mol. The molecule has 1 fully saturated rings. The van der Waals surface area contributed by atoms with Gasteiger partial charge in [-0.15, -0.1) is 11.3 Å². The molecule has 100 valence electrons. The highest BCUT2D eigenvalue weighted by Crippen LogP contribution is 2.36. The number of thiazole rings is 1. The van der Waals surface area contributed by atoms with Gasteiger partial charge in [-0.25, -0.2) is 4.98 Å². The SMILES string of the molecule is CCC1CCN(c2nc3c(s2)CCCC3N)CC1. The first kappa shape index (κ1) is 12.4. The number of aryl methyl sites for hydroxylation is 1. The van der Waals surface area contributed by atoms with Crippen molar-refractivity contribution < 1.29 is 0 Å². The van der Waals surface area contributed by atoms with E-state index in [0.29, 0.717) is 0 Å². The molecule has 2 heterocycles. The summed E-state index contributed by atoms with van der Waals surface area (Å²) in [5, 5.41) is 1.23. The van der Waals surface area contributed by atoms with Gasteiger partial charge in [0.1, 0.15) is 0 Å². The second kappa shape index (κ2) is 5.17. The number of aromatic nitrogens is 1. The number of anilines is 1. The van der Waals surface area contributed by atoms with Crippen molar-refractivity contribution in [2.24, 2.45) is 11.7 Å². The van der Waals surface area contributed by atoms with Crippen molar-refractivity contribution in [2.75, 3.05) is 18.0 Å². The molecule has 0 bridgehead atoms. The Hall–Kier alpha value is -0.610. The summed E-state index contributed by atoms with van der Waals surface area (Å²) in [6.07, 6.45) is 7.50. The summed E-state index contributed by atoms with van der Waals surface area (Å²) in [6.45, 7) is 4.67. The normalized spacial score (nSPS) is 25.2. The average Bonchev–Trinajstić information content (AvgIpc) is 2.84. The predicted octanol–water partition coefficient (Wildman–Crippen LogP) is 3.11. The van der Waals surface area contributed by atoms with Gasteiger partial charge in [-0.2, -0.15) is 0 Å². The molecule has 3 nitrogen and oxygen atoms in total. The summed E-state index contributed by atoms with van der Waals surface area (Å²) in [7, 11) is 0. The molecule has 0 radical (unpaired) electrons. The first-order valence-electron chi connectivity index (χ1n) is 7.28. The molecule has 0 saturated carbocycles. The number of nitrogens with two attached hydrogens (primary N) is 1. The third-order valence-electron chi connectivity index (χ3n) is 4.45. The lowest BCUT2D eigenvalue weighted by Crippen LogP contribution is -2.33. The van der Waals surface area contributed by atoms with Gasteiger partial charge in [0, 0.05) is 24.0 Å². The molecule has 0 amide bonds. The first-order valence-corrected chi connectivity index (χ1v) is 8.09. The number of hydrogen-bond donors (Lipinski definition) is 1. The minimum atomic E-state index is 0.187. The molecule has 3 rings (SSSR count). The molecular formula is C14H23N3S. The van der Waals surface area contributed by atoms with E-state index in [9.17, 15) is 0 Å². The molecule has 4 heteroatoms. The zero-order chi connectivity index (χ0) is 12.5. The molecule has 0 spiro atoms.